The Bertz CT molecular complexity index is 314. The molecule has 0 rings (SSSR count). The van der Waals surface area contributed by atoms with Crippen LogP contribution in [0.3, 0.4) is 0 Å². The van der Waals surface area contributed by atoms with Crippen LogP contribution in [0.5, 0.6) is 0 Å². The fourth-order valence-electron chi connectivity index (χ4n) is 1.45. The van der Waals surface area contributed by atoms with Crippen LogP contribution in [-0.4, -0.2) is 37.7 Å². The van der Waals surface area contributed by atoms with Crippen LogP contribution < -0.4 is 0 Å². The average molecular weight is 314 g/mol. The molecule has 0 heterocycles. The van der Waals surface area contributed by atoms with E-state index in [9.17, 15) is 8.42 Å². The van der Waals surface area contributed by atoms with Gasteiger partial charge in [-0.15, -0.1) is 0 Å². The molecule has 0 amide bonds. The molecule has 0 aromatic carbocycles. The minimum atomic E-state index is -4.08. The summed E-state index contributed by atoms with van der Waals surface area (Å²) in [6.07, 6.45) is 2.60. The smallest absolute Gasteiger partial charge is 0.322 e. The van der Waals surface area contributed by atoms with Gasteiger partial charge >= 0.3 is 9.15 Å². The molecule has 1 unspecified atom stereocenters. The topological polar surface area (TPSA) is 72.8 Å². The van der Waals surface area contributed by atoms with Crippen LogP contribution in [0.1, 0.15) is 47.0 Å². The fraction of sp³-hybridized carbons (Fsp3) is 1.00. The summed E-state index contributed by atoms with van der Waals surface area (Å²) in [5.41, 5.74) is -0.537. The predicted molar refractivity (Wildman–Crippen MR) is 78.7 cm³/mol. The van der Waals surface area contributed by atoms with E-state index in [1.165, 1.54) is 0 Å². The molecule has 0 aromatic heterocycles. The van der Waals surface area contributed by atoms with E-state index in [0.717, 1.165) is 12.8 Å². The second-order valence-corrected chi connectivity index (χ2v) is 8.48. The fourth-order valence-corrected chi connectivity index (χ4v) is 3.41. The summed E-state index contributed by atoms with van der Waals surface area (Å²) in [5, 5.41) is 0. The SMILES string of the molecule is CC(C)CCCC(OCCOC(C)C)SS(=O)(=O)O. The first-order chi connectivity index (χ1) is 8.70. The van der Waals surface area contributed by atoms with Gasteiger partial charge in [-0.3, -0.25) is 4.55 Å². The Morgan fingerprint density at radius 1 is 1.05 bits per heavy atom. The van der Waals surface area contributed by atoms with Crippen LogP contribution in [0.15, 0.2) is 0 Å². The van der Waals surface area contributed by atoms with Crippen molar-refractivity contribution in [1.29, 1.82) is 0 Å². The lowest BCUT2D eigenvalue weighted by Gasteiger charge is -2.17. The van der Waals surface area contributed by atoms with E-state index in [4.69, 9.17) is 14.0 Å². The monoisotopic (exact) mass is 314 g/mol. The Balaban J connectivity index is 4.04. The van der Waals surface area contributed by atoms with Gasteiger partial charge in [0, 0.05) is 10.8 Å². The zero-order chi connectivity index (χ0) is 14.9. The molecule has 7 heteroatoms. The molecule has 0 aliphatic heterocycles. The zero-order valence-electron chi connectivity index (χ0n) is 12.2. The van der Waals surface area contributed by atoms with Gasteiger partial charge in [0.15, 0.2) is 0 Å². The van der Waals surface area contributed by atoms with Crippen molar-refractivity contribution in [2.75, 3.05) is 13.2 Å². The largest absolute Gasteiger partial charge is 0.376 e. The van der Waals surface area contributed by atoms with Crippen LogP contribution in [0.4, 0.5) is 0 Å². The minimum absolute atomic E-state index is 0.122. The van der Waals surface area contributed by atoms with Gasteiger partial charge in [0.25, 0.3) is 0 Å². The highest BCUT2D eigenvalue weighted by molar-refractivity contribution is 8.70. The molecule has 1 N–H and O–H groups in total. The Morgan fingerprint density at radius 2 is 1.63 bits per heavy atom. The Morgan fingerprint density at radius 3 is 2.11 bits per heavy atom. The highest BCUT2D eigenvalue weighted by Gasteiger charge is 2.18. The molecule has 19 heavy (non-hydrogen) atoms. The van der Waals surface area contributed by atoms with Gasteiger partial charge in [0.1, 0.15) is 5.44 Å². The van der Waals surface area contributed by atoms with Crippen LogP contribution >= 0.6 is 10.8 Å². The standard InChI is InChI=1S/C12H26O5S2/c1-10(2)6-5-7-12(18-19(13,14)15)17-9-8-16-11(3)4/h10-12H,5-9H2,1-4H3,(H,13,14,15). The van der Waals surface area contributed by atoms with Crippen LogP contribution in [0.2, 0.25) is 0 Å². The van der Waals surface area contributed by atoms with E-state index >= 15 is 0 Å². The molecule has 0 saturated carbocycles. The van der Waals surface area contributed by atoms with E-state index in [-0.39, 0.29) is 6.10 Å². The maximum Gasteiger partial charge on any atom is 0.322 e. The normalized spacial score (nSPS) is 14.3. The van der Waals surface area contributed by atoms with E-state index in [0.29, 0.717) is 36.3 Å². The summed E-state index contributed by atoms with van der Waals surface area (Å²) in [7, 11) is -3.61. The molecule has 0 aromatic rings. The molecular formula is C12H26O5S2. The lowest BCUT2D eigenvalue weighted by Crippen LogP contribution is -2.17. The van der Waals surface area contributed by atoms with Crippen molar-refractivity contribution < 1.29 is 22.4 Å². The number of ether oxygens (including phenoxy) is 2. The molecule has 5 nitrogen and oxygen atoms in total. The minimum Gasteiger partial charge on any atom is -0.376 e. The van der Waals surface area contributed by atoms with Gasteiger partial charge in [0.05, 0.1) is 19.3 Å². The summed E-state index contributed by atoms with van der Waals surface area (Å²) in [6, 6.07) is 0. The summed E-state index contributed by atoms with van der Waals surface area (Å²) in [4.78, 5) is 0. The number of hydrogen-bond donors (Lipinski definition) is 1. The summed E-state index contributed by atoms with van der Waals surface area (Å²) < 4.78 is 41.4. The molecule has 0 aliphatic rings. The molecule has 0 saturated heterocycles. The molecule has 0 radical (unpaired) electrons. The second-order valence-electron chi connectivity index (χ2n) is 5.07. The van der Waals surface area contributed by atoms with Crippen LogP contribution in [0, 0.1) is 5.92 Å². The van der Waals surface area contributed by atoms with Gasteiger partial charge < -0.3 is 9.47 Å². The van der Waals surface area contributed by atoms with Crippen molar-refractivity contribution in [1.82, 2.24) is 0 Å². The van der Waals surface area contributed by atoms with E-state index in [1.807, 2.05) is 13.8 Å². The Labute approximate surface area is 120 Å². The van der Waals surface area contributed by atoms with E-state index in [2.05, 4.69) is 13.8 Å². The molecular weight excluding hydrogens is 288 g/mol. The average Bonchev–Trinajstić information content (AvgIpc) is 2.21. The molecule has 0 bridgehead atoms. The Hall–Kier alpha value is 0.180. The van der Waals surface area contributed by atoms with Crippen molar-refractivity contribution >= 4 is 19.9 Å². The lowest BCUT2D eigenvalue weighted by atomic mass is 10.1. The summed E-state index contributed by atoms with van der Waals surface area (Å²) in [5.74, 6) is 0.570. The molecule has 0 fully saturated rings. The number of hydrogen-bond acceptors (Lipinski definition) is 5. The quantitative estimate of drug-likeness (QED) is 0.273. The first kappa shape index (κ1) is 19.2. The van der Waals surface area contributed by atoms with Gasteiger partial charge in [-0.1, -0.05) is 20.3 Å². The highest BCUT2D eigenvalue weighted by atomic mass is 33.1. The molecule has 0 spiro atoms. The van der Waals surface area contributed by atoms with Gasteiger partial charge in [-0.25, -0.2) is 0 Å². The van der Waals surface area contributed by atoms with Crippen molar-refractivity contribution in [2.45, 2.75) is 58.5 Å². The third kappa shape index (κ3) is 14.4. The van der Waals surface area contributed by atoms with Gasteiger partial charge in [-0.2, -0.15) is 8.42 Å². The van der Waals surface area contributed by atoms with E-state index in [1.54, 1.807) is 0 Å². The van der Waals surface area contributed by atoms with Crippen molar-refractivity contribution in [3.63, 3.8) is 0 Å². The maximum atomic E-state index is 10.9. The third-order valence-electron chi connectivity index (χ3n) is 2.29. The highest BCUT2D eigenvalue weighted by Crippen LogP contribution is 2.24. The third-order valence-corrected chi connectivity index (χ3v) is 4.49. The van der Waals surface area contributed by atoms with Crippen molar-refractivity contribution in [3.8, 4) is 0 Å². The predicted octanol–water partition coefficient (Wildman–Crippen LogP) is 3.12. The molecule has 116 valence electrons. The van der Waals surface area contributed by atoms with Gasteiger partial charge in [-0.05, 0) is 32.6 Å². The first-order valence-electron chi connectivity index (χ1n) is 6.59. The van der Waals surface area contributed by atoms with Crippen molar-refractivity contribution in [3.05, 3.63) is 0 Å². The van der Waals surface area contributed by atoms with Gasteiger partial charge in [0.2, 0.25) is 0 Å². The molecule has 1 atom stereocenters. The molecule has 0 aliphatic carbocycles. The Kier molecular flexibility index (Phi) is 10.1. The second kappa shape index (κ2) is 9.99. The summed E-state index contributed by atoms with van der Waals surface area (Å²) >= 11 is 0. The lowest BCUT2D eigenvalue weighted by molar-refractivity contribution is 0.0102. The van der Waals surface area contributed by atoms with Crippen molar-refractivity contribution in [2.24, 2.45) is 5.92 Å². The zero-order valence-corrected chi connectivity index (χ0v) is 13.8. The number of rotatable bonds is 11. The van der Waals surface area contributed by atoms with E-state index < -0.39 is 14.6 Å². The first-order valence-corrected chi connectivity index (χ1v) is 9.43. The summed E-state index contributed by atoms with van der Waals surface area (Å²) in [6.45, 7) is 8.82. The van der Waals surface area contributed by atoms with Crippen LogP contribution in [-0.2, 0) is 18.6 Å². The maximum absolute atomic E-state index is 10.9. The van der Waals surface area contributed by atoms with Crippen LogP contribution in [0.25, 0.3) is 0 Å².